The Balaban J connectivity index is 0. The van der Waals surface area contributed by atoms with Gasteiger partial charge in [0.1, 0.15) is 5.78 Å². The molecule has 0 heterocycles. The van der Waals surface area contributed by atoms with E-state index in [1.165, 1.54) is 0 Å². The second-order valence-electron chi connectivity index (χ2n) is 2.15. The van der Waals surface area contributed by atoms with Gasteiger partial charge >= 0.3 is 0 Å². The number of ketones is 1. The van der Waals surface area contributed by atoms with Gasteiger partial charge in [0.05, 0.1) is 6.54 Å². The molecule has 0 aliphatic rings. The van der Waals surface area contributed by atoms with E-state index in [0.717, 1.165) is 0 Å². The van der Waals surface area contributed by atoms with E-state index in [0.29, 0.717) is 6.54 Å². The fraction of sp³-hybridized carbons (Fsp3) is 0.833. The van der Waals surface area contributed by atoms with E-state index in [-0.39, 0.29) is 13.1 Å². The van der Waals surface area contributed by atoms with Crippen LogP contribution in [0.25, 0.3) is 0 Å². The molecule has 0 aromatic heterocycles. The molecule has 0 aliphatic carbocycles. The first-order valence-electron chi connectivity index (χ1n) is 2.85. The molecule has 0 aromatic rings. The van der Waals surface area contributed by atoms with E-state index in [9.17, 15) is 4.79 Å². The van der Waals surface area contributed by atoms with Gasteiger partial charge < -0.3 is 5.32 Å². The van der Waals surface area contributed by atoms with Gasteiger partial charge in [0.2, 0.25) is 0 Å². The van der Waals surface area contributed by atoms with Crippen molar-refractivity contribution < 1.29 is 6.22 Å². The lowest BCUT2D eigenvalue weighted by Crippen LogP contribution is -2.22. The Hall–Kier alpha value is -0.370. The van der Waals surface area contributed by atoms with Crippen molar-refractivity contribution in [2.75, 3.05) is 13.6 Å². The molecular formula is C6H15NO. The molecule has 2 heteroatoms. The quantitative estimate of drug-likeness (QED) is 0.589. The highest BCUT2D eigenvalue weighted by molar-refractivity contribution is 5.82. The Bertz CT molecular complexity index is 83.1. The largest absolute Gasteiger partial charge is 0.313 e. The molecule has 0 saturated heterocycles. The fourth-order valence-corrected chi connectivity index (χ4v) is 0.378. The van der Waals surface area contributed by atoms with E-state index in [1.807, 2.05) is 13.8 Å². The molecule has 2 nitrogen and oxygen atoms in total. The van der Waals surface area contributed by atoms with Gasteiger partial charge in [0, 0.05) is 7.34 Å². The maximum Gasteiger partial charge on any atom is 0.149 e. The fourth-order valence-electron chi connectivity index (χ4n) is 0.378. The van der Waals surface area contributed by atoms with Crippen LogP contribution in [0.1, 0.15) is 15.3 Å². The zero-order chi connectivity index (χ0) is 6.57. The molecule has 0 atom stereocenters. The summed E-state index contributed by atoms with van der Waals surface area (Å²) in [6.07, 6.45) is 0. The Morgan fingerprint density at radius 2 is 2.25 bits per heavy atom. The third-order valence-electron chi connectivity index (χ3n) is 0.995. The van der Waals surface area contributed by atoms with E-state index in [2.05, 4.69) is 5.32 Å². The minimum absolute atomic E-state index is 0. The van der Waals surface area contributed by atoms with Crippen LogP contribution in [0, 0.1) is 5.92 Å². The van der Waals surface area contributed by atoms with Gasteiger partial charge in [-0.15, -0.1) is 0 Å². The molecule has 1 N–H and O–H groups in total. The first kappa shape index (κ1) is 7.63. The molecule has 50 valence electrons. The second kappa shape index (κ2) is 3.61. The Morgan fingerprint density at radius 1 is 1.75 bits per heavy atom. The number of nitrogens with one attached hydrogen (secondary N) is 1. The van der Waals surface area contributed by atoms with E-state index < -0.39 is 0 Å². The molecule has 8 heavy (non-hydrogen) atoms. The van der Waals surface area contributed by atoms with E-state index >= 15 is 0 Å². The number of carbonyl (C=O) groups excluding carboxylic acids is 1. The van der Waals surface area contributed by atoms with Crippen molar-refractivity contribution in [3.8, 4) is 0 Å². The van der Waals surface area contributed by atoms with Crippen LogP contribution in [-0.2, 0) is 4.79 Å². The molecule has 0 aromatic carbocycles. The second-order valence-corrected chi connectivity index (χ2v) is 2.15. The summed E-state index contributed by atoms with van der Waals surface area (Å²) >= 11 is 0. The van der Waals surface area contributed by atoms with E-state index in [1.54, 1.807) is 7.05 Å². The van der Waals surface area contributed by atoms with Crippen LogP contribution in [0.3, 0.4) is 0 Å². The van der Waals surface area contributed by atoms with Gasteiger partial charge in [-0.1, -0.05) is 13.8 Å². The van der Waals surface area contributed by atoms with Gasteiger partial charge in [-0.25, -0.2) is 0 Å². The van der Waals surface area contributed by atoms with Crippen molar-refractivity contribution in [3.63, 3.8) is 0 Å². The van der Waals surface area contributed by atoms with Crippen molar-refractivity contribution >= 4 is 5.78 Å². The van der Waals surface area contributed by atoms with Crippen molar-refractivity contribution in [2.24, 2.45) is 5.92 Å². The summed E-state index contributed by atoms with van der Waals surface area (Å²) in [5, 5.41) is 2.80. The van der Waals surface area contributed by atoms with Crippen molar-refractivity contribution in [2.45, 2.75) is 13.8 Å². The lowest BCUT2D eigenvalue weighted by Gasteiger charge is -2.00. The van der Waals surface area contributed by atoms with Crippen LogP contribution >= 0.6 is 0 Å². The normalized spacial score (nSPS) is 10.0. The van der Waals surface area contributed by atoms with Crippen LogP contribution in [0.2, 0.25) is 0 Å². The average Bonchev–Trinajstić information content (AvgIpc) is 1.67. The predicted molar refractivity (Wildman–Crippen MR) is 35.9 cm³/mol. The molecule has 0 amide bonds. The number of carbonyl (C=O) groups is 1. The number of rotatable bonds is 3. The monoisotopic (exact) mass is 117 g/mol. The molecule has 0 fully saturated rings. The first-order chi connectivity index (χ1) is 3.68. The zero-order valence-corrected chi connectivity index (χ0v) is 5.69. The third kappa shape index (κ3) is 2.75. The Labute approximate surface area is 51.8 Å². The third-order valence-corrected chi connectivity index (χ3v) is 0.995. The molecule has 0 rings (SSSR count). The molecular weight excluding hydrogens is 102 g/mol. The summed E-state index contributed by atoms with van der Waals surface area (Å²) in [5.74, 6) is 0.440. The van der Waals surface area contributed by atoms with Gasteiger partial charge in [0.25, 0.3) is 0 Å². The Morgan fingerprint density at radius 3 is 2.38 bits per heavy atom. The number of hydrogen-bond acceptors (Lipinski definition) is 2. The summed E-state index contributed by atoms with van der Waals surface area (Å²) in [5.41, 5.74) is 0. The van der Waals surface area contributed by atoms with Crippen LogP contribution in [0.4, 0.5) is 0 Å². The molecule has 0 aliphatic heterocycles. The summed E-state index contributed by atoms with van der Waals surface area (Å²) in [7, 11) is 1.78. The molecule has 0 unspecified atom stereocenters. The average molecular weight is 117 g/mol. The van der Waals surface area contributed by atoms with Gasteiger partial charge in [-0.2, -0.15) is 0 Å². The zero-order valence-electron chi connectivity index (χ0n) is 5.69. The van der Waals surface area contributed by atoms with Gasteiger partial charge in [-0.05, 0) is 7.05 Å². The van der Waals surface area contributed by atoms with Crippen LogP contribution in [-0.4, -0.2) is 19.4 Å². The highest BCUT2D eigenvalue weighted by Gasteiger charge is 2.03. The van der Waals surface area contributed by atoms with Crippen LogP contribution in [0.5, 0.6) is 0 Å². The lowest BCUT2D eigenvalue weighted by molar-refractivity contribution is -0.120. The lowest BCUT2D eigenvalue weighted by atomic mass is 10.1. The standard InChI is InChI=1S/C6H13NO.H2/c1-5(2)6(8)4-7-3;/h5,7H,4H2,1-3H3;1H. The minimum atomic E-state index is 0. The van der Waals surface area contributed by atoms with Crippen molar-refractivity contribution in [3.05, 3.63) is 0 Å². The summed E-state index contributed by atoms with van der Waals surface area (Å²) < 4.78 is 0. The molecule has 0 spiro atoms. The predicted octanol–water partition coefficient (Wildman–Crippen LogP) is 0.677. The van der Waals surface area contributed by atoms with E-state index in [4.69, 9.17) is 0 Å². The smallest absolute Gasteiger partial charge is 0.149 e. The summed E-state index contributed by atoms with van der Waals surface area (Å²) in [6.45, 7) is 4.30. The molecule has 0 saturated carbocycles. The summed E-state index contributed by atoms with van der Waals surface area (Å²) in [6, 6.07) is 0. The van der Waals surface area contributed by atoms with Crippen molar-refractivity contribution in [1.29, 1.82) is 0 Å². The van der Waals surface area contributed by atoms with Crippen LogP contribution < -0.4 is 5.32 Å². The van der Waals surface area contributed by atoms with Gasteiger partial charge in [0.15, 0.2) is 0 Å². The van der Waals surface area contributed by atoms with Crippen LogP contribution in [0.15, 0.2) is 0 Å². The molecule has 0 radical (unpaired) electrons. The summed E-state index contributed by atoms with van der Waals surface area (Å²) in [4.78, 5) is 10.7. The highest BCUT2D eigenvalue weighted by atomic mass is 16.1. The minimum Gasteiger partial charge on any atom is -0.313 e. The SMILES string of the molecule is CNCC(=O)C(C)C.[HH]. The number of Topliss-reactive ketones (excluding diaryl/α,β-unsaturated/α-hetero) is 1. The highest BCUT2D eigenvalue weighted by Crippen LogP contribution is 1.90. The maximum atomic E-state index is 10.7. The van der Waals surface area contributed by atoms with Crippen molar-refractivity contribution in [1.82, 2.24) is 5.32 Å². The Kier molecular flexibility index (Phi) is 3.44. The maximum absolute atomic E-state index is 10.7. The number of hydrogen-bond donors (Lipinski definition) is 1. The number of likely N-dealkylation sites (N-methyl/N-ethyl adjacent to an activating group) is 1. The first-order valence-corrected chi connectivity index (χ1v) is 2.85. The molecule has 0 bridgehead atoms. The van der Waals surface area contributed by atoms with Gasteiger partial charge in [-0.3, -0.25) is 4.79 Å². The topological polar surface area (TPSA) is 29.1 Å².